The van der Waals surface area contributed by atoms with Crippen molar-refractivity contribution in [3.63, 3.8) is 0 Å². The van der Waals surface area contributed by atoms with Gasteiger partial charge in [0.15, 0.2) is 0 Å². The van der Waals surface area contributed by atoms with Gasteiger partial charge >= 0.3 is 0 Å². The van der Waals surface area contributed by atoms with Crippen LogP contribution in [0.2, 0.25) is 0 Å². The lowest BCUT2D eigenvalue weighted by Crippen LogP contribution is -2.53. The van der Waals surface area contributed by atoms with Gasteiger partial charge in [-0.15, -0.1) is 0 Å². The van der Waals surface area contributed by atoms with Gasteiger partial charge in [0, 0.05) is 25.3 Å². The van der Waals surface area contributed by atoms with Gasteiger partial charge < -0.3 is 15.3 Å². The van der Waals surface area contributed by atoms with Gasteiger partial charge in [0.05, 0.1) is 0 Å². The topological polar surface area (TPSA) is 69.6 Å². The predicted octanol–water partition coefficient (Wildman–Crippen LogP) is 1.98. The van der Waals surface area contributed by atoms with Gasteiger partial charge in [-0.1, -0.05) is 32.0 Å². The number of likely N-dealkylation sites (tertiary alicyclic amines) is 1. The minimum atomic E-state index is -0.525. The van der Waals surface area contributed by atoms with Gasteiger partial charge in [0.2, 0.25) is 5.91 Å². The van der Waals surface area contributed by atoms with Crippen molar-refractivity contribution in [2.45, 2.75) is 39.7 Å². The maximum absolute atomic E-state index is 12.8. The molecule has 1 aromatic rings. The first-order valence-electron chi connectivity index (χ1n) is 8.70. The lowest BCUT2D eigenvalue weighted by Gasteiger charge is -2.35. The summed E-state index contributed by atoms with van der Waals surface area (Å²) >= 11 is 0. The molecule has 0 bridgehead atoms. The number of rotatable bonds is 5. The van der Waals surface area contributed by atoms with Crippen molar-refractivity contribution in [1.82, 2.24) is 10.2 Å². The number of piperidine rings is 1. The van der Waals surface area contributed by atoms with Gasteiger partial charge in [-0.05, 0) is 43.2 Å². The average Bonchev–Trinajstić information content (AvgIpc) is 2.59. The van der Waals surface area contributed by atoms with Crippen LogP contribution >= 0.6 is 0 Å². The Bertz CT molecular complexity index is 578. The molecule has 2 amide bonds. The molecule has 0 aromatic heterocycles. The highest BCUT2D eigenvalue weighted by Crippen LogP contribution is 2.19. The molecular formula is C19H28N2O3. The number of nitrogens with zero attached hydrogens (tertiary/aromatic N) is 1. The molecule has 24 heavy (non-hydrogen) atoms. The second-order valence-electron chi connectivity index (χ2n) is 6.96. The van der Waals surface area contributed by atoms with Crippen LogP contribution in [0, 0.1) is 18.8 Å². The molecule has 0 aliphatic carbocycles. The fraction of sp³-hybridized carbons (Fsp3) is 0.579. The minimum absolute atomic E-state index is 0.0148. The summed E-state index contributed by atoms with van der Waals surface area (Å²) in [7, 11) is 0. The van der Waals surface area contributed by atoms with Crippen molar-refractivity contribution in [3.8, 4) is 0 Å². The molecule has 0 saturated carbocycles. The summed E-state index contributed by atoms with van der Waals surface area (Å²) in [4.78, 5) is 27.2. The van der Waals surface area contributed by atoms with Gasteiger partial charge in [-0.2, -0.15) is 0 Å². The number of benzene rings is 1. The van der Waals surface area contributed by atoms with E-state index in [0.717, 1.165) is 18.4 Å². The Labute approximate surface area is 144 Å². The fourth-order valence-corrected chi connectivity index (χ4v) is 3.09. The van der Waals surface area contributed by atoms with Crippen LogP contribution in [0.1, 0.15) is 42.6 Å². The molecular weight excluding hydrogens is 304 g/mol. The quantitative estimate of drug-likeness (QED) is 0.866. The summed E-state index contributed by atoms with van der Waals surface area (Å²) in [5.74, 6) is 0.0721. The third-order valence-corrected chi connectivity index (χ3v) is 4.79. The van der Waals surface area contributed by atoms with Crippen LogP contribution in [0.25, 0.3) is 0 Å². The van der Waals surface area contributed by atoms with E-state index in [1.54, 1.807) is 6.07 Å². The summed E-state index contributed by atoms with van der Waals surface area (Å²) in [6, 6.07) is 6.86. The number of carbonyl (C=O) groups excluding carboxylic acids is 2. The molecule has 132 valence electrons. The van der Waals surface area contributed by atoms with Crippen molar-refractivity contribution < 1.29 is 14.7 Å². The number of carbonyl (C=O) groups is 2. The van der Waals surface area contributed by atoms with Crippen molar-refractivity contribution in [3.05, 3.63) is 35.4 Å². The van der Waals surface area contributed by atoms with E-state index in [1.807, 2.05) is 43.9 Å². The zero-order valence-electron chi connectivity index (χ0n) is 14.8. The van der Waals surface area contributed by atoms with Gasteiger partial charge in [-0.25, -0.2) is 0 Å². The zero-order chi connectivity index (χ0) is 17.7. The molecule has 1 saturated heterocycles. The van der Waals surface area contributed by atoms with E-state index in [4.69, 9.17) is 0 Å². The molecule has 5 heteroatoms. The molecule has 0 radical (unpaired) electrons. The number of amides is 2. The molecule has 2 rings (SSSR count). The van der Waals surface area contributed by atoms with Crippen LogP contribution in [0.4, 0.5) is 0 Å². The fourth-order valence-electron chi connectivity index (χ4n) is 3.09. The molecule has 1 aliphatic rings. The predicted molar refractivity (Wildman–Crippen MR) is 93.7 cm³/mol. The molecule has 0 spiro atoms. The smallest absolute Gasteiger partial charge is 0.252 e. The SMILES string of the molecule is Cc1ccccc1C(=O)NC(C(=O)N1CCC(CO)CC1)C(C)C. The van der Waals surface area contributed by atoms with Crippen LogP contribution < -0.4 is 5.32 Å². The lowest BCUT2D eigenvalue weighted by atomic mass is 9.95. The van der Waals surface area contributed by atoms with Crippen molar-refractivity contribution in [2.75, 3.05) is 19.7 Å². The summed E-state index contributed by atoms with van der Waals surface area (Å²) in [6.07, 6.45) is 1.64. The Balaban J connectivity index is 2.05. The molecule has 5 nitrogen and oxygen atoms in total. The van der Waals surface area contributed by atoms with Gasteiger partial charge in [-0.3, -0.25) is 9.59 Å². The Kier molecular flexibility index (Phi) is 6.37. The lowest BCUT2D eigenvalue weighted by molar-refractivity contribution is -0.135. The number of aliphatic hydroxyl groups is 1. The van der Waals surface area contributed by atoms with Crippen LogP contribution in [0.3, 0.4) is 0 Å². The molecule has 1 atom stereocenters. The second kappa shape index (κ2) is 8.29. The normalized spacial score (nSPS) is 17.0. The number of nitrogens with one attached hydrogen (secondary N) is 1. The minimum Gasteiger partial charge on any atom is -0.396 e. The van der Waals surface area contributed by atoms with E-state index < -0.39 is 6.04 Å². The maximum atomic E-state index is 12.8. The molecule has 1 unspecified atom stereocenters. The molecule has 1 aromatic carbocycles. The van der Waals surface area contributed by atoms with Crippen molar-refractivity contribution >= 4 is 11.8 Å². The third kappa shape index (κ3) is 4.35. The third-order valence-electron chi connectivity index (χ3n) is 4.79. The Morgan fingerprint density at radius 3 is 2.42 bits per heavy atom. The van der Waals surface area contributed by atoms with E-state index in [0.29, 0.717) is 18.7 Å². The second-order valence-corrected chi connectivity index (χ2v) is 6.96. The van der Waals surface area contributed by atoms with E-state index in [2.05, 4.69) is 5.32 Å². The Hall–Kier alpha value is -1.88. The Morgan fingerprint density at radius 2 is 1.88 bits per heavy atom. The number of hydrogen-bond donors (Lipinski definition) is 2. The highest BCUT2D eigenvalue weighted by Gasteiger charge is 2.31. The van der Waals surface area contributed by atoms with E-state index >= 15 is 0 Å². The Morgan fingerprint density at radius 1 is 1.25 bits per heavy atom. The molecule has 1 heterocycles. The van der Waals surface area contributed by atoms with Crippen LogP contribution in [0.5, 0.6) is 0 Å². The van der Waals surface area contributed by atoms with Crippen LogP contribution in [-0.2, 0) is 4.79 Å². The van der Waals surface area contributed by atoms with E-state index in [1.165, 1.54) is 0 Å². The molecule has 1 fully saturated rings. The number of aliphatic hydroxyl groups excluding tert-OH is 1. The summed E-state index contributed by atoms with van der Waals surface area (Å²) in [5, 5.41) is 12.1. The first-order chi connectivity index (χ1) is 11.4. The van der Waals surface area contributed by atoms with Crippen LogP contribution in [0.15, 0.2) is 24.3 Å². The van der Waals surface area contributed by atoms with E-state index in [-0.39, 0.29) is 30.3 Å². The highest BCUT2D eigenvalue weighted by molar-refractivity contribution is 5.98. The highest BCUT2D eigenvalue weighted by atomic mass is 16.3. The summed E-state index contributed by atoms with van der Waals surface area (Å²) in [5.41, 5.74) is 1.50. The van der Waals surface area contributed by atoms with E-state index in [9.17, 15) is 14.7 Å². The van der Waals surface area contributed by atoms with Crippen LogP contribution in [-0.4, -0.2) is 47.6 Å². The van der Waals surface area contributed by atoms with Gasteiger partial charge in [0.25, 0.3) is 5.91 Å². The van der Waals surface area contributed by atoms with Crippen molar-refractivity contribution in [1.29, 1.82) is 0 Å². The first-order valence-corrected chi connectivity index (χ1v) is 8.70. The maximum Gasteiger partial charge on any atom is 0.252 e. The monoisotopic (exact) mass is 332 g/mol. The zero-order valence-corrected chi connectivity index (χ0v) is 14.8. The number of hydrogen-bond acceptors (Lipinski definition) is 3. The standard InChI is InChI=1S/C19H28N2O3/c1-13(2)17(19(24)21-10-8-15(12-22)9-11-21)20-18(23)16-7-5-4-6-14(16)3/h4-7,13,15,17,22H,8-12H2,1-3H3,(H,20,23). The largest absolute Gasteiger partial charge is 0.396 e. The summed E-state index contributed by atoms with van der Waals surface area (Å²) < 4.78 is 0. The number of aryl methyl sites for hydroxylation is 1. The first kappa shape index (κ1) is 18.5. The molecule has 2 N–H and O–H groups in total. The van der Waals surface area contributed by atoms with Crippen molar-refractivity contribution in [2.24, 2.45) is 11.8 Å². The van der Waals surface area contributed by atoms with Gasteiger partial charge in [0.1, 0.15) is 6.04 Å². The summed E-state index contributed by atoms with van der Waals surface area (Å²) in [6.45, 7) is 7.25. The average molecular weight is 332 g/mol. The molecule has 1 aliphatic heterocycles.